The van der Waals surface area contributed by atoms with Crippen molar-refractivity contribution in [2.45, 2.75) is 0 Å². The highest BCUT2D eigenvalue weighted by atomic mass is 15.3. The van der Waals surface area contributed by atoms with E-state index in [0.717, 1.165) is 118 Å². The van der Waals surface area contributed by atoms with Crippen molar-refractivity contribution in [1.82, 2.24) is 58.7 Å². The Morgan fingerprint density at radius 1 is 0.183 bits per heavy atom. The molecule has 0 aliphatic rings. The largest absolute Gasteiger partial charge is 0.268 e. The topological polar surface area (TPSA) is 107 Å². The Hall–Kier alpha value is -12.5. The SMILES string of the molecule is Cn1nccc1-c1cccc(-c2cc(-c3ccc(-c4ccc(-n5cccn5)cc4)cc3)cc(-c3cccc(-c4ccnn4C)c3)c2)c1.Cn1nccc1-c1cccc(-c2ccc(-c3cc(-c4ccc(-n5cccn5)cc4)cc(-c4ccc(-n5cccn5)cc4)c3)cc2)c1. The molecule has 0 radical (unpaired) electrons. The molecule has 16 aromatic rings. The summed E-state index contributed by atoms with van der Waals surface area (Å²) in [6.45, 7) is 0. The fourth-order valence-electron chi connectivity index (χ4n) is 12.2. The summed E-state index contributed by atoms with van der Waals surface area (Å²) in [5.41, 5.74) is 28.4. The Kier molecular flexibility index (Phi) is 15.4. The van der Waals surface area contributed by atoms with Crippen LogP contribution in [0.2, 0.25) is 0 Å². The van der Waals surface area contributed by atoms with E-state index in [0.29, 0.717) is 0 Å². The van der Waals surface area contributed by atoms with E-state index in [4.69, 9.17) is 0 Å². The van der Waals surface area contributed by atoms with Crippen LogP contribution in [0.4, 0.5) is 0 Å². The zero-order valence-electron chi connectivity index (χ0n) is 51.5. The average molecular weight is 1200 g/mol. The van der Waals surface area contributed by atoms with Crippen LogP contribution < -0.4 is 0 Å². The van der Waals surface area contributed by atoms with Crippen molar-refractivity contribution in [3.63, 3.8) is 0 Å². The van der Waals surface area contributed by atoms with Gasteiger partial charge in [-0.2, -0.15) is 30.6 Å². The van der Waals surface area contributed by atoms with Gasteiger partial charge in [0.05, 0.1) is 34.1 Å². The lowest BCUT2D eigenvalue weighted by atomic mass is 9.91. The van der Waals surface area contributed by atoms with Crippen LogP contribution in [0.25, 0.3) is 140 Å². The standard InChI is InChI=1S/C41H32N6.C40H30N6/c1-45-40(18-21-42-45)34-8-3-6-32(24-34)37-26-36(27-38(28-37)33-7-4-9-35(25-33)41-19-22-43-46(41)2)31-12-10-29(11-13-31)30-14-16-39(17-15-30)47-23-5-20-44-47;1-44-40(19-22-41-44)34-6-2-5-33(25-34)29-7-9-30(10-8-29)35-26-36(31-11-15-38(16-12-31)45-23-3-20-42-45)28-37(27-35)32-13-17-39(18-14-32)46-24-4-21-43-46/h3-28H,1-2H3;2-28H,1H3. The second kappa shape index (κ2) is 25.2. The van der Waals surface area contributed by atoms with E-state index in [1.807, 2.05) is 111 Å². The van der Waals surface area contributed by atoms with Crippen LogP contribution in [-0.4, -0.2) is 58.7 Å². The van der Waals surface area contributed by atoms with Crippen molar-refractivity contribution in [3.05, 3.63) is 323 Å². The quantitative estimate of drug-likeness (QED) is 0.107. The number of aryl methyl sites for hydroxylation is 3. The lowest BCUT2D eigenvalue weighted by Gasteiger charge is -2.14. The summed E-state index contributed by atoms with van der Waals surface area (Å²) in [5, 5.41) is 26.2. The van der Waals surface area contributed by atoms with Crippen molar-refractivity contribution in [2.75, 3.05) is 0 Å². The first-order valence-electron chi connectivity index (χ1n) is 30.9. The summed E-state index contributed by atoms with van der Waals surface area (Å²) in [5.74, 6) is 0. The molecular weight excluding hydrogens is 1140 g/mol. The summed E-state index contributed by atoms with van der Waals surface area (Å²) in [6.07, 6.45) is 16.8. The van der Waals surface area contributed by atoms with Gasteiger partial charge in [0.2, 0.25) is 0 Å². The Labute approximate surface area is 539 Å². The van der Waals surface area contributed by atoms with Gasteiger partial charge in [-0.05, 0) is 216 Å². The first-order valence-corrected chi connectivity index (χ1v) is 30.9. The summed E-state index contributed by atoms with van der Waals surface area (Å²) in [7, 11) is 5.93. The fraction of sp³-hybridized carbons (Fsp3) is 0.0370. The highest BCUT2D eigenvalue weighted by Crippen LogP contribution is 2.39. The molecular formula is C81H62N12. The van der Waals surface area contributed by atoms with Crippen LogP contribution in [0.5, 0.6) is 0 Å². The minimum atomic E-state index is 1.03. The summed E-state index contributed by atoms with van der Waals surface area (Å²) in [4.78, 5) is 0. The third kappa shape index (κ3) is 12.1. The molecule has 12 nitrogen and oxygen atoms in total. The number of aromatic nitrogens is 12. The maximum Gasteiger partial charge on any atom is 0.0679 e. The molecule has 0 saturated heterocycles. The smallest absolute Gasteiger partial charge is 0.0679 e. The molecule has 0 bridgehead atoms. The normalized spacial score (nSPS) is 11.2. The maximum absolute atomic E-state index is 4.39. The predicted molar refractivity (Wildman–Crippen MR) is 374 cm³/mol. The molecule has 93 heavy (non-hydrogen) atoms. The first kappa shape index (κ1) is 56.9. The predicted octanol–water partition coefficient (Wildman–Crippen LogP) is 18.5. The highest BCUT2D eigenvalue weighted by molar-refractivity contribution is 5.86. The lowest BCUT2D eigenvalue weighted by molar-refractivity contribution is 0.776. The Balaban J connectivity index is 0.000000154. The molecule has 6 aromatic heterocycles. The van der Waals surface area contributed by atoms with E-state index >= 15 is 0 Å². The van der Waals surface area contributed by atoms with Gasteiger partial charge in [-0.15, -0.1) is 0 Å². The highest BCUT2D eigenvalue weighted by Gasteiger charge is 2.15. The summed E-state index contributed by atoms with van der Waals surface area (Å²) < 4.78 is 11.4. The van der Waals surface area contributed by atoms with Crippen molar-refractivity contribution in [2.24, 2.45) is 21.1 Å². The van der Waals surface area contributed by atoms with Crippen LogP contribution in [0.1, 0.15) is 0 Å². The van der Waals surface area contributed by atoms with Crippen LogP contribution in [0, 0.1) is 0 Å². The van der Waals surface area contributed by atoms with Gasteiger partial charge >= 0.3 is 0 Å². The second-order valence-electron chi connectivity index (χ2n) is 23.0. The molecule has 0 spiro atoms. The van der Waals surface area contributed by atoms with Crippen LogP contribution >= 0.6 is 0 Å². The Morgan fingerprint density at radius 3 is 0.645 bits per heavy atom. The Morgan fingerprint density at radius 2 is 0.398 bits per heavy atom. The fourth-order valence-corrected chi connectivity index (χ4v) is 12.2. The van der Waals surface area contributed by atoms with Crippen molar-refractivity contribution in [3.8, 4) is 140 Å². The molecule has 10 aromatic carbocycles. The zero-order chi connectivity index (χ0) is 62.6. The minimum Gasteiger partial charge on any atom is -0.268 e. The minimum absolute atomic E-state index is 1.03. The van der Waals surface area contributed by atoms with Gasteiger partial charge in [0.1, 0.15) is 0 Å². The molecule has 16 rings (SSSR count). The van der Waals surface area contributed by atoms with Gasteiger partial charge in [-0.25, -0.2) is 14.0 Å². The molecule has 0 aliphatic carbocycles. The second-order valence-corrected chi connectivity index (χ2v) is 23.0. The van der Waals surface area contributed by atoms with Crippen molar-refractivity contribution in [1.29, 1.82) is 0 Å². The molecule has 446 valence electrons. The van der Waals surface area contributed by atoms with E-state index in [1.54, 1.807) is 18.6 Å². The van der Waals surface area contributed by atoms with Gasteiger partial charge < -0.3 is 0 Å². The maximum atomic E-state index is 4.39. The van der Waals surface area contributed by atoms with Gasteiger partial charge in [-0.1, -0.05) is 140 Å². The molecule has 0 atom stereocenters. The molecule has 0 amide bonds. The van der Waals surface area contributed by atoms with Gasteiger partial charge in [0.15, 0.2) is 0 Å². The zero-order valence-corrected chi connectivity index (χ0v) is 51.5. The number of hydrogen-bond donors (Lipinski definition) is 0. The molecule has 0 saturated carbocycles. The molecule has 0 unspecified atom stereocenters. The lowest BCUT2D eigenvalue weighted by Crippen LogP contribution is -1.94. The van der Waals surface area contributed by atoms with Crippen molar-refractivity contribution >= 4 is 0 Å². The van der Waals surface area contributed by atoms with Crippen LogP contribution in [-0.2, 0) is 21.1 Å². The van der Waals surface area contributed by atoms with Gasteiger partial charge in [0, 0.05) is 93.6 Å². The summed E-state index contributed by atoms with van der Waals surface area (Å²) in [6, 6.07) is 95.0. The molecule has 0 fully saturated rings. The van der Waals surface area contributed by atoms with Gasteiger partial charge in [-0.3, -0.25) is 14.0 Å². The number of hydrogen-bond acceptors (Lipinski definition) is 6. The number of rotatable bonds is 14. The van der Waals surface area contributed by atoms with Crippen LogP contribution in [0.15, 0.2) is 323 Å². The van der Waals surface area contributed by atoms with Crippen molar-refractivity contribution < 1.29 is 0 Å². The van der Waals surface area contributed by atoms with E-state index in [-0.39, 0.29) is 0 Å². The third-order valence-electron chi connectivity index (χ3n) is 17.1. The van der Waals surface area contributed by atoms with E-state index in [9.17, 15) is 0 Å². The number of benzene rings is 10. The van der Waals surface area contributed by atoms with Crippen LogP contribution in [0.3, 0.4) is 0 Å². The monoisotopic (exact) mass is 1200 g/mol. The van der Waals surface area contributed by atoms with E-state index < -0.39 is 0 Å². The van der Waals surface area contributed by atoms with E-state index in [2.05, 4.69) is 273 Å². The third-order valence-corrected chi connectivity index (χ3v) is 17.1. The van der Waals surface area contributed by atoms with Gasteiger partial charge in [0.25, 0.3) is 0 Å². The molecule has 0 aliphatic heterocycles. The van der Waals surface area contributed by atoms with E-state index in [1.165, 1.54) is 22.3 Å². The molecule has 12 heteroatoms. The molecule has 6 heterocycles. The summed E-state index contributed by atoms with van der Waals surface area (Å²) >= 11 is 0. The average Bonchev–Trinajstić information content (AvgIpc) is 2.10. The first-order chi connectivity index (χ1) is 45.8. The Bertz CT molecular complexity index is 4990. The molecule has 0 N–H and O–H groups in total. The number of nitrogens with zero attached hydrogens (tertiary/aromatic N) is 12.